The Hall–Kier alpha value is -1.20. The minimum Gasteiger partial charge on any atom is -0.348 e. The molecule has 1 aromatic rings. The summed E-state index contributed by atoms with van der Waals surface area (Å²) in [6, 6.07) is 10.3. The first kappa shape index (κ1) is 17.2. The van der Waals surface area contributed by atoms with E-state index >= 15 is 0 Å². The van der Waals surface area contributed by atoms with Gasteiger partial charge in [-0.3, -0.25) is 0 Å². The summed E-state index contributed by atoms with van der Waals surface area (Å²) in [7, 11) is 6.45. The first-order valence-corrected chi connectivity index (χ1v) is 7.39. The van der Waals surface area contributed by atoms with Gasteiger partial charge in [-0.15, -0.1) is 0 Å². The van der Waals surface area contributed by atoms with Crippen LogP contribution in [-0.2, 0) is 18.9 Å². The average Bonchev–Trinajstić information content (AvgIpc) is 2.55. The molecule has 22 heavy (non-hydrogen) atoms. The molecule has 0 atom stereocenters. The average molecular weight is 306 g/mol. The molecule has 0 aromatic heterocycles. The zero-order chi connectivity index (χ0) is 16.4. The van der Waals surface area contributed by atoms with Crippen LogP contribution in [0.25, 0.3) is 5.57 Å². The van der Waals surface area contributed by atoms with E-state index in [1.807, 2.05) is 24.3 Å². The van der Waals surface area contributed by atoms with Crippen LogP contribution >= 0.6 is 0 Å². The van der Waals surface area contributed by atoms with Gasteiger partial charge in [0.25, 0.3) is 0 Å². The lowest BCUT2D eigenvalue weighted by Crippen LogP contribution is -2.62. The molecule has 2 rings (SSSR count). The van der Waals surface area contributed by atoms with Gasteiger partial charge in [-0.2, -0.15) is 0 Å². The van der Waals surface area contributed by atoms with E-state index in [-0.39, 0.29) is 5.41 Å². The first-order chi connectivity index (χ1) is 10.4. The molecule has 122 valence electrons. The number of methoxy groups -OCH3 is 4. The molecule has 0 heterocycles. The third-order valence-electron chi connectivity index (χ3n) is 4.62. The number of hydrogen-bond acceptors (Lipinski definition) is 4. The second-order valence-corrected chi connectivity index (χ2v) is 6.22. The highest BCUT2D eigenvalue weighted by atomic mass is 16.8. The van der Waals surface area contributed by atoms with E-state index in [1.165, 1.54) is 0 Å². The number of rotatable bonds is 5. The van der Waals surface area contributed by atoms with E-state index < -0.39 is 11.6 Å². The summed E-state index contributed by atoms with van der Waals surface area (Å²) in [6.45, 7) is 4.35. The maximum atomic E-state index is 5.73. The van der Waals surface area contributed by atoms with Gasteiger partial charge in [0.15, 0.2) is 0 Å². The summed E-state index contributed by atoms with van der Waals surface area (Å²) in [5.74, 6) is -2.10. The largest absolute Gasteiger partial charge is 0.348 e. The summed E-state index contributed by atoms with van der Waals surface area (Å²) in [4.78, 5) is 0. The lowest BCUT2D eigenvalue weighted by atomic mass is 9.68. The van der Waals surface area contributed by atoms with Gasteiger partial charge in [0.2, 0.25) is 11.6 Å². The molecule has 0 fully saturated rings. The molecular weight excluding hydrogens is 280 g/mol. The normalized spacial score (nSPS) is 22.2. The Bertz CT molecular complexity index is 525. The monoisotopic (exact) mass is 306 g/mol. The minimum absolute atomic E-state index is 0.159. The quantitative estimate of drug-likeness (QED) is 0.781. The van der Waals surface area contributed by atoms with Crippen LogP contribution in [0.15, 0.2) is 36.4 Å². The van der Waals surface area contributed by atoms with Gasteiger partial charge < -0.3 is 18.9 Å². The molecule has 0 spiro atoms. The highest BCUT2D eigenvalue weighted by Gasteiger charge is 2.59. The van der Waals surface area contributed by atoms with Gasteiger partial charge >= 0.3 is 0 Å². The molecule has 0 N–H and O–H groups in total. The summed E-state index contributed by atoms with van der Waals surface area (Å²) in [5, 5.41) is 0. The highest BCUT2D eigenvalue weighted by Crippen LogP contribution is 2.52. The second-order valence-electron chi connectivity index (χ2n) is 6.22. The van der Waals surface area contributed by atoms with Crippen LogP contribution in [0.3, 0.4) is 0 Å². The lowest BCUT2D eigenvalue weighted by molar-refractivity contribution is -0.376. The molecule has 0 aliphatic heterocycles. The van der Waals surface area contributed by atoms with Crippen LogP contribution in [0.4, 0.5) is 0 Å². The molecule has 0 saturated heterocycles. The van der Waals surface area contributed by atoms with Crippen LogP contribution in [0.2, 0.25) is 0 Å². The zero-order valence-electron chi connectivity index (χ0n) is 14.3. The van der Waals surface area contributed by atoms with Gasteiger partial charge in [-0.05, 0) is 22.6 Å². The third kappa shape index (κ3) is 2.50. The fourth-order valence-corrected chi connectivity index (χ4v) is 3.41. The van der Waals surface area contributed by atoms with E-state index in [2.05, 4.69) is 26.0 Å². The van der Waals surface area contributed by atoms with Gasteiger partial charge in [-0.1, -0.05) is 44.2 Å². The van der Waals surface area contributed by atoms with E-state index in [0.29, 0.717) is 6.42 Å². The molecule has 0 unspecified atom stereocenters. The second kappa shape index (κ2) is 6.13. The van der Waals surface area contributed by atoms with Crippen molar-refractivity contribution in [3.63, 3.8) is 0 Å². The molecule has 4 nitrogen and oxygen atoms in total. The van der Waals surface area contributed by atoms with Crippen molar-refractivity contribution in [2.24, 2.45) is 5.41 Å². The minimum atomic E-state index is -1.10. The maximum absolute atomic E-state index is 5.73. The summed E-state index contributed by atoms with van der Waals surface area (Å²) in [5.41, 5.74) is 2.14. The number of benzene rings is 1. The van der Waals surface area contributed by atoms with Crippen molar-refractivity contribution < 1.29 is 18.9 Å². The number of ether oxygens (including phenoxy) is 4. The van der Waals surface area contributed by atoms with Crippen LogP contribution in [0, 0.1) is 5.41 Å². The standard InChI is InChI=1S/C18H26O4/c1-16(2)13-18(21-5,22-6)17(19-3,20-4)12-15(16)14-10-8-7-9-11-14/h7-12H,13H2,1-6H3. The zero-order valence-corrected chi connectivity index (χ0v) is 14.3. The molecule has 1 aliphatic rings. The third-order valence-corrected chi connectivity index (χ3v) is 4.62. The van der Waals surface area contributed by atoms with Gasteiger partial charge in [0.05, 0.1) is 0 Å². The van der Waals surface area contributed by atoms with E-state index in [4.69, 9.17) is 18.9 Å². The predicted octanol–water partition coefficient (Wildman–Crippen LogP) is 3.48. The van der Waals surface area contributed by atoms with Crippen molar-refractivity contribution in [3.8, 4) is 0 Å². The van der Waals surface area contributed by atoms with Crippen molar-refractivity contribution in [3.05, 3.63) is 42.0 Å². The van der Waals surface area contributed by atoms with Crippen molar-refractivity contribution in [2.75, 3.05) is 28.4 Å². The Balaban J connectivity index is 2.66. The molecule has 0 saturated carbocycles. The lowest BCUT2D eigenvalue weighted by Gasteiger charge is -2.52. The summed E-state index contributed by atoms with van der Waals surface area (Å²) >= 11 is 0. The van der Waals surface area contributed by atoms with Crippen molar-refractivity contribution in [1.82, 2.24) is 0 Å². The molecule has 0 radical (unpaired) electrons. The van der Waals surface area contributed by atoms with Crippen molar-refractivity contribution in [1.29, 1.82) is 0 Å². The molecule has 1 aliphatic carbocycles. The van der Waals surface area contributed by atoms with Crippen molar-refractivity contribution in [2.45, 2.75) is 31.8 Å². The van der Waals surface area contributed by atoms with Crippen LogP contribution < -0.4 is 0 Å². The van der Waals surface area contributed by atoms with E-state index in [9.17, 15) is 0 Å². The highest BCUT2D eigenvalue weighted by molar-refractivity contribution is 5.72. The van der Waals surface area contributed by atoms with Crippen molar-refractivity contribution >= 4 is 5.57 Å². The Kier molecular flexibility index (Phi) is 4.78. The Morgan fingerprint density at radius 2 is 1.36 bits per heavy atom. The predicted molar refractivity (Wildman–Crippen MR) is 86.3 cm³/mol. The van der Waals surface area contributed by atoms with Gasteiger partial charge in [-0.25, -0.2) is 0 Å². The SMILES string of the molecule is COC1(OC)C=C(c2ccccc2)C(C)(C)CC1(OC)OC. The van der Waals surface area contributed by atoms with Crippen LogP contribution in [0.1, 0.15) is 25.8 Å². The molecule has 0 bridgehead atoms. The van der Waals surface area contributed by atoms with E-state index in [0.717, 1.165) is 11.1 Å². The number of hydrogen-bond donors (Lipinski definition) is 0. The molecule has 4 heteroatoms. The summed E-state index contributed by atoms with van der Waals surface area (Å²) in [6.07, 6.45) is 2.59. The Labute approximate surface area is 133 Å². The smallest absolute Gasteiger partial charge is 0.244 e. The summed E-state index contributed by atoms with van der Waals surface area (Å²) < 4.78 is 22.9. The molecular formula is C18H26O4. The maximum Gasteiger partial charge on any atom is 0.244 e. The molecule has 1 aromatic carbocycles. The van der Waals surface area contributed by atoms with E-state index in [1.54, 1.807) is 28.4 Å². The van der Waals surface area contributed by atoms with Gasteiger partial charge in [0, 0.05) is 34.9 Å². The number of allylic oxidation sites excluding steroid dienone is 1. The Morgan fingerprint density at radius 1 is 0.818 bits per heavy atom. The fraction of sp³-hybridized carbons (Fsp3) is 0.556. The fourth-order valence-electron chi connectivity index (χ4n) is 3.41. The first-order valence-electron chi connectivity index (χ1n) is 7.39. The Morgan fingerprint density at radius 3 is 1.82 bits per heavy atom. The van der Waals surface area contributed by atoms with Crippen LogP contribution in [0.5, 0.6) is 0 Å². The van der Waals surface area contributed by atoms with Gasteiger partial charge in [0.1, 0.15) is 0 Å². The van der Waals surface area contributed by atoms with Crippen LogP contribution in [-0.4, -0.2) is 40.0 Å². The topological polar surface area (TPSA) is 36.9 Å². The molecule has 0 amide bonds.